The summed E-state index contributed by atoms with van der Waals surface area (Å²) >= 11 is 0. The van der Waals surface area contributed by atoms with Crippen molar-refractivity contribution in [2.45, 2.75) is 49.9 Å². The van der Waals surface area contributed by atoms with Crippen LogP contribution in [0.3, 0.4) is 0 Å². The van der Waals surface area contributed by atoms with E-state index < -0.39 is 5.92 Å². The average molecular weight is 543 g/mol. The highest BCUT2D eigenvalue weighted by Gasteiger charge is 2.46. The summed E-state index contributed by atoms with van der Waals surface area (Å²) in [5, 5.41) is 17.2. The second-order valence-electron chi connectivity index (χ2n) is 10.9. The Morgan fingerprint density at radius 3 is 2.58 bits per heavy atom. The standard InChI is InChI=1S/C29H28F2N8O/c1-40-27-5-2-18(11-34-27)14-38-23-7-24(38)17-37(16-23)26-4-3-19(12-33-26)25-6-21(36-22-8-29(30,31)9-22)15-39-28(25)20(10-32)13-35-39/h2-6,11-13,15,22-24,36H,7-9,14,16-17H2,1H3. The van der Waals surface area contributed by atoms with Crippen LogP contribution in [0.4, 0.5) is 20.3 Å². The van der Waals surface area contributed by atoms with Crippen molar-refractivity contribution in [1.29, 1.82) is 5.26 Å². The molecule has 8 rings (SSSR count). The van der Waals surface area contributed by atoms with Crippen LogP contribution in [0, 0.1) is 11.3 Å². The number of methoxy groups -OCH3 is 1. The number of nitrogens with one attached hydrogen (secondary N) is 1. The highest BCUT2D eigenvalue weighted by Crippen LogP contribution is 2.40. The molecule has 1 N–H and O–H groups in total. The van der Waals surface area contributed by atoms with Crippen LogP contribution in [0.1, 0.15) is 30.4 Å². The molecule has 7 heterocycles. The lowest BCUT2D eigenvalue weighted by atomic mass is 9.87. The van der Waals surface area contributed by atoms with E-state index in [4.69, 9.17) is 9.72 Å². The van der Waals surface area contributed by atoms with E-state index in [1.807, 2.05) is 36.7 Å². The molecule has 0 radical (unpaired) electrons. The van der Waals surface area contributed by atoms with Crippen LogP contribution in [-0.2, 0) is 6.54 Å². The molecule has 4 aliphatic rings. The fourth-order valence-corrected chi connectivity index (χ4v) is 6.20. The first-order valence-electron chi connectivity index (χ1n) is 13.4. The Labute approximate surface area is 230 Å². The minimum absolute atomic E-state index is 0.189. The molecule has 2 atom stereocenters. The molecule has 204 valence electrons. The van der Waals surface area contributed by atoms with E-state index in [0.717, 1.165) is 36.6 Å². The fraction of sp³-hybridized carbons (Fsp3) is 0.379. The molecule has 40 heavy (non-hydrogen) atoms. The predicted molar refractivity (Wildman–Crippen MR) is 145 cm³/mol. The molecular weight excluding hydrogens is 514 g/mol. The molecule has 2 unspecified atom stereocenters. The Balaban J connectivity index is 1.08. The molecule has 4 fully saturated rings. The Morgan fingerprint density at radius 1 is 1.10 bits per heavy atom. The highest BCUT2D eigenvalue weighted by atomic mass is 19.3. The summed E-state index contributed by atoms with van der Waals surface area (Å²) in [6.07, 6.45) is 7.77. The number of hydrogen-bond acceptors (Lipinski definition) is 8. The summed E-state index contributed by atoms with van der Waals surface area (Å²) in [5.41, 5.74) is 4.60. The SMILES string of the molecule is COc1ccc(CN2C3CC2CN(c2ccc(-c4cc(NC5CC(F)(F)C5)cn5ncc(C#N)c45)cn2)C3)cn1. The number of nitriles is 1. The molecule has 11 heteroatoms. The topological polar surface area (TPSA) is 94.6 Å². The zero-order valence-electron chi connectivity index (χ0n) is 22.0. The lowest BCUT2D eigenvalue weighted by Gasteiger charge is -2.56. The van der Waals surface area contributed by atoms with E-state index in [1.54, 1.807) is 17.8 Å². The van der Waals surface area contributed by atoms with Gasteiger partial charge in [-0.2, -0.15) is 10.4 Å². The van der Waals surface area contributed by atoms with Crippen LogP contribution in [0.25, 0.3) is 16.6 Å². The number of anilines is 2. The van der Waals surface area contributed by atoms with Gasteiger partial charge in [-0.25, -0.2) is 23.3 Å². The van der Waals surface area contributed by atoms with Crippen LogP contribution in [-0.4, -0.2) is 68.7 Å². The van der Waals surface area contributed by atoms with E-state index in [2.05, 4.69) is 37.3 Å². The van der Waals surface area contributed by atoms with Gasteiger partial charge in [0.15, 0.2) is 0 Å². The summed E-state index contributed by atoms with van der Waals surface area (Å²) in [5.74, 6) is -1.07. The minimum atomic E-state index is -2.61. The van der Waals surface area contributed by atoms with Gasteiger partial charge in [0.25, 0.3) is 5.92 Å². The van der Waals surface area contributed by atoms with E-state index >= 15 is 0 Å². The maximum Gasteiger partial charge on any atom is 0.252 e. The number of alkyl halides is 2. The number of piperazine rings is 1. The molecule has 2 bridgehead atoms. The molecule has 0 spiro atoms. The third-order valence-electron chi connectivity index (χ3n) is 8.29. The van der Waals surface area contributed by atoms with Crippen LogP contribution < -0.4 is 15.0 Å². The predicted octanol–water partition coefficient (Wildman–Crippen LogP) is 4.34. The van der Waals surface area contributed by atoms with Gasteiger partial charge in [0, 0.05) is 80.2 Å². The number of hydrogen-bond donors (Lipinski definition) is 1. The lowest BCUT2D eigenvalue weighted by molar-refractivity contribution is -0.0793. The van der Waals surface area contributed by atoms with Crippen molar-refractivity contribution >= 4 is 17.0 Å². The van der Waals surface area contributed by atoms with Crippen LogP contribution in [0.5, 0.6) is 5.88 Å². The van der Waals surface area contributed by atoms with Crippen molar-refractivity contribution in [2.75, 3.05) is 30.4 Å². The molecule has 4 aromatic heterocycles. The number of piperidine rings is 1. The first-order chi connectivity index (χ1) is 19.4. The van der Waals surface area contributed by atoms with Gasteiger partial charge < -0.3 is 15.0 Å². The Bertz CT molecular complexity index is 1580. The maximum absolute atomic E-state index is 13.4. The van der Waals surface area contributed by atoms with Crippen LogP contribution >= 0.6 is 0 Å². The normalized spacial score (nSPS) is 21.9. The molecule has 3 aliphatic heterocycles. The third kappa shape index (κ3) is 4.38. The number of fused-ring (bicyclic) bond motifs is 3. The van der Waals surface area contributed by atoms with Crippen LogP contribution in [0.15, 0.2) is 55.1 Å². The van der Waals surface area contributed by atoms with Crippen LogP contribution in [0.2, 0.25) is 0 Å². The van der Waals surface area contributed by atoms with Crippen molar-refractivity contribution < 1.29 is 13.5 Å². The number of rotatable bonds is 7. The summed E-state index contributed by atoms with van der Waals surface area (Å²) in [6, 6.07) is 12.7. The molecule has 3 saturated heterocycles. The largest absolute Gasteiger partial charge is 0.481 e. The summed E-state index contributed by atoms with van der Waals surface area (Å²) in [6.45, 7) is 2.69. The zero-order valence-corrected chi connectivity index (χ0v) is 22.0. The van der Waals surface area contributed by atoms with Crippen molar-refractivity contribution in [3.8, 4) is 23.1 Å². The molecular formula is C29H28F2N8O. The molecule has 4 aromatic rings. The number of halogens is 2. The van der Waals surface area contributed by atoms with Gasteiger partial charge in [0.2, 0.25) is 5.88 Å². The Morgan fingerprint density at radius 2 is 1.93 bits per heavy atom. The second kappa shape index (κ2) is 9.41. The average Bonchev–Trinajstić information content (AvgIpc) is 3.38. The van der Waals surface area contributed by atoms with Gasteiger partial charge in [-0.05, 0) is 30.2 Å². The van der Waals surface area contributed by atoms with Gasteiger partial charge in [0.05, 0.1) is 36.3 Å². The van der Waals surface area contributed by atoms with E-state index in [9.17, 15) is 14.0 Å². The highest BCUT2D eigenvalue weighted by molar-refractivity contribution is 5.86. The maximum atomic E-state index is 13.4. The molecule has 9 nitrogen and oxygen atoms in total. The first kappa shape index (κ1) is 24.7. The van der Waals surface area contributed by atoms with Crippen molar-refractivity contribution in [1.82, 2.24) is 24.5 Å². The number of nitrogens with zero attached hydrogens (tertiary/aromatic N) is 7. The quantitative estimate of drug-likeness (QED) is 0.369. The number of ether oxygens (including phenoxy) is 1. The molecule has 1 aliphatic carbocycles. The van der Waals surface area contributed by atoms with Gasteiger partial charge in [0.1, 0.15) is 11.9 Å². The molecule has 0 amide bonds. The van der Waals surface area contributed by atoms with Gasteiger partial charge in [-0.1, -0.05) is 6.07 Å². The van der Waals surface area contributed by atoms with Crippen molar-refractivity contribution in [2.24, 2.45) is 0 Å². The Hall–Kier alpha value is -4.30. The zero-order chi connectivity index (χ0) is 27.4. The van der Waals surface area contributed by atoms with E-state index in [-0.39, 0.29) is 18.9 Å². The van der Waals surface area contributed by atoms with Crippen molar-refractivity contribution in [3.05, 3.63) is 66.2 Å². The Kier molecular flexibility index (Phi) is 5.82. The van der Waals surface area contributed by atoms with E-state index in [1.165, 1.54) is 18.2 Å². The second-order valence-corrected chi connectivity index (χ2v) is 10.9. The third-order valence-corrected chi connectivity index (χ3v) is 8.29. The number of aromatic nitrogens is 4. The lowest BCUT2D eigenvalue weighted by Crippen LogP contribution is -2.68. The summed E-state index contributed by atoms with van der Waals surface area (Å²) < 4.78 is 33.6. The van der Waals surface area contributed by atoms with Gasteiger partial charge in [-0.3, -0.25) is 4.90 Å². The fourth-order valence-electron chi connectivity index (χ4n) is 6.20. The summed E-state index contributed by atoms with van der Waals surface area (Å²) in [7, 11) is 1.62. The first-order valence-corrected chi connectivity index (χ1v) is 13.4. The smallest absolute Gasteiger partial charge is 0.252 e. The van der Waals surface area contributed by atoms with E-state index in [0.29, 0.717) is 34.7 Å². The minimum Gasteiger partial charge on any atom is -0.481 e. The summed E-state index contributed by atoms with van der Waals surface area (Å²) in [4.78, 5) is 14.0. The van der Waals surface area contributed by atoms with Gasteiger partial charge >= 0.3 is 0 Å². The van der Waals surface area contributed by atoms with Crippen molar-refractivity contribution in [3.63, 3.8) is 0 Å². The molecule has 0 aromatic carbocycles. The molecule has 1 saturated carbocycles. The van der Waals surface area contributed by atoms with Gasteiger partial charge in [-0.15, -0.1) is 0 Å². The monoisotopic (exact) mass is 542 g/mol. The number of pyridine rings is 3.